The van der Waals surface area contributed by atoms with Gasteiger partial charge in [-0.25, -0.2) is 4.39 Å². The first-order valence-electron chi connectivity index (χ1n) is 11.1. The summed E-state index contributed by atoms with van der Waals surface area (Å²) in [4.78, 5) is 19.8. The average molecular weight is 427 g/mol. The van der Waals surface area contributed by atoms with E-state index in [1.807, 2.05) is 17.0 Å². The molecule has 0 radical (unpaired) electrons. The molecule has 0 atom stereocenters. The van der Waals surface area contributed by atoms with Crippen LogP contribution in [0.4, 0.5) is 15.8 Å². The average Bonchev–Trinajstić information content (AvgIpc) is 2.73. The minimum atomic E-state index is -0.343. The molecule has 0 aliphatic carbocycles. The first-order chi connectivity index (χ1) is 14.7. The van der Waals surface area contributed by atoms with Crippen molar-refractivity contribution in [3.8, 4) is 0 Å². The molecular formula is C25H35FN4O. The van der Waals surface area contributed by atoms with Gasteiger partial charge in [0.2, 0.25) is 0 Å². The maximum absolute atomic E-state index is 13.3. The quantitative estimate of drug-likeness (QED) is 0.673. The summed E-state index contributed by atoms with van der Waals surface area (Å²) in [6.07, 6.45) is 2.22. The van der Waals surface area contributed by atoms with Gasteiger partial charge in [0.1, 0.15) is 5.82 Å². The number of hydrogen-bond donors (Lipinski definition) is 1. The van der Waals surface area contributed by atoms with Crippen molar-refractivity contribution >= 4 is 17.3 Å². The van der Waals surface area contributed by atoms with E-state index in [9.17, 15) is 9.18 Å². The van der Waals surface area contributed by atoms with Gasteiger partial charge in [0, 0.05) is 43.1 Å². The first kappa shape index (κ1) is 23.1. The maximum atomic E-state index is 13.3. The zero-order chi connectivity index (χ0) is 22.5. The number of nitrogens with two attached hydrogens (primary N) is 1. The number of carbonyl (C=O) groups is 1. The molecule has 1 saturated heterocycles. The second kappa shape index (κ2) is 10.1. The van der Waals surface area contributed by atoms with E-state index in [4.69, 9.17) is 5.73 Å². The van der Waals surface area contributed by atoms with Crippen LogP contribution in [0.3, 0.4) is 0 Å². The Bertz CT molecular complexity index is 876. The fourth-order valence-corrected chi connectivity index (χ4v) is 4.30. The summed E-state index contributed by atoms with van der Waals surface area (Å²) in [6.45, 7) is 7.43. The van der Waals surface area contributed by atoms with Crippen LogP contribution in [0.5, 0.6) is 0 Å². The Labute approximate surface area is 185 Å². The summed E-state index contributed by atoms with van der Waals surface area (Å²) < 4.78 is 13.3. The Balaban J connectivity index is 1.87. The third-order valence-corrected chi connectivity index (χ3v) is 6.04. The standard InChI is InChI=1S/C25H35FN4O/c1-18(2)16-30(25(31)19-5-7-21(26)8-6-19)17-20-15-22(27)9-10-24(20)29(4)23-11-13-28(3)14-12-23/h5-10,15,18,23H,11-14,16-17,27H2,1-4H3. The Morgan fingerprint density at radius 3 is 2.42 bits per heavy atom. The number of likely N-dealkylation sites (tertiary alicyclic amines) is 1. The van der Waals surface area contributed by atoms with E-state index in [1.165, 1.54) is 12.1 Å². The molecule has 3 rings (SSSR count). The fourth-order valence-electron chi connectivity index (χ4n) is 4.30. The molecule has 168 valence electrons. The molecular weight excluding hydrogens is 391 g/mol. The molecule has 5 nitrogen and oxygen atoms in total. The van der Waals surface area contributed by atoms with Crippen molar-refractivity contribution in [1.82, 2.24) is 9.80 Å². The van der Waals surface area contributed by atoms with Crippen LogP contribution in [0.25, 0.3) is 0 Å². The molecule has 1 aliphatic heterocycles. The smallest absolute Gasteiger partial charge is 0.254 e. The van der Waals surface area contributed by atoms with Crippen molar-refractivity contribution in [3.05, 3.63) is 59.4 Å². The van der Waals surface area contributed by atoms with Gasteiger partial charge in [-0.1, -0.05) is 13.8 Å². The van der Waals surface area contributed by atoms with Gasteiger partial charge >= 0.3 is 0 Å². The van der Waals surface area contributed by atoms with Gasteiger partial charge < -0.3 is 20.4 Å². The SMILES string of the molecule is CC(C)CN(Cc1cc(N)ccc1N(C)C1CCN(C)CC1)C(=O)c1ccc(F)cc1. The first-order valence-corrected chi connectivity index (χ1v) is 11.1. The zero-order valence-electron chi connectivity index (χ0n) is 19.1. The van der Waals surface area contributed by atoms with Crippen molar-refractivity contribution in [2.75, 3.05) is 44.4 Å². The number of anilines is 2. The van der Waals surface area contributed by atoms with Crippen LogP contribution in [0.1, 0.15) is 42.6 Å². The summed E-state index contributed by atoms with van der Waals surface area (Å²) in [5.74, 6) is -0.130. The summed E-state index contributed by atoms with van der Waals surface area (Å²) >= 11 is 0. The molecule has 0 aromatic heterocycles. The molecule has 2 N–H and O–H groups in total. The minimum absolute atomic E-state index is 0.0935. The number of nitrogen functional groups attached to an aromatic ring is 1. The number of carbonyl (C=O) groups excluding carboxylic acids is 1. The topological polar surface area (TPSA) is 52.8 Å². The van der Waals surface area contributed by atoms with Crippen LogP contribution in [0.15, 0.2) is 42.5 Å². The summed E-state index contributed by atoms with van der Waals surface area (Å²) in [5.41, 5.74) is 9.48. The predicted molar refractivity (Wildman–Crippen MR) is 126 cm³/mol. The highest BCUT2D eigenvalue weighted by Gasteiger charge is 2.24. The van der Waals surface area contributed by atoms with E-state index in [0.717, 1.165) is 37.2 Å². The van der Waals surface area contributed by atoms with E-state index < -0.39 is 0 Å². The van der Waals surface area contributed by atoms with E-state index >= 15 is 0 Å². The van der Waals surface area contributed by atoms with E-state index in [2.05, 4.69) is 43.8 Å². The van der Waals surface area contributed by atoms with Crippen LogP contribution in [-0.2, 0) is 6.54 Å². The number of benzene rings is 2. The fraction of sp³-hybridized carbons (Fsp3) is 0.480. The maximum Gasteiger partial charge on any atom is 0.254 e. The van der Waals surface area contributed by atoms with Gasteiger partial charge in [0.25, 0.3) is 5.91 Å². The highest BCUT2D eigenvalue weighted by molar-refractivity contribution is 5.94. The summed E-state index contributed by atoms with van der Waals surface area (Å²) in [5, 5.41) is 0. The molecule has 2 aromatic carbocycles. The third kappa shape index (κ3) is 5.97. The van der Waals surface area contributed by atoms with Gasteiger partial charge in [-0.2, -0.15) is 0 Å². The number of piperidine rings is 1. The molecule has 0 spiro atoms. The Morgan fingerprint density at radius 1 is 1.16 bits per heavy atom. The van der Waals surface area contributed by atoms with Gasteiger partial charge in [0.15, 0.2) is 0 Å². The van der Waals surface area contributed by atoms with Crippen LogP contribution in [0, 0.1) is 11.7 Å². The largest absolute Gasteiger partial charge is 0.399 e. The summed E-state index contributed by atoms with van der Waals surface area (Å²) in [6, 6.07) is 12.2. The molecule has 2 aromatic rings. The van der Waals surface area contributed by atoms with Gasteiger partial charge in [-0.05, 0) is 86.9 Å². The van der Waals surface area contributed by atoms with Crippen LogP contribution < -0.4 is 10.6 Å². The molecule has 31 heavy (non-hydrogen) atoms. The lowest BCUT2D eigenvalue weighted by molar-refractivity contribution is 0.0723. The van der Waals surface area contributed by atoms with Crippen LogP contribution >= 0.6 is 0 Å². The van der Waals surface area contributed by atoms with Crippen LogP contribution in [0.2, 0.25) is 0 Å². The zero-order valence-corrected chi connectivity index (χ0v) is 19.1. The van der Waals surface area contributed by atoms with Crippen LogP contribution in [-0.4, -0.2) is 55.5 Å². The molecule has 1 aliphatic rings. The number of nitrogens with zero attached hydrogens (tertiary/aromatic N) is 3. The highest BCUT2D eigenvalue weighted by Crippen LogP contribution is 2.29. The lowest BCUT2D eigenvalue weighted by Gasteiger charge is -2.38. The Morgan fingerprint density at radius 2 is 1.81 bits per heavy atom. The van der Waals surface area contributed by atoms with Gasteiger partial charge in [-0.3, -0.25) is 4.79 Å². The Hall–Kier alpha value is -2.60. The normalized spacial score (nSPS) is 15.3. The molecule has 6 heteroatoms. The highest BCUT2D eigenvalue weighted by atomic mass is 19.1. The summed E-state index contributed by atoms with van der Waals surface area (Å²) in [7, 11) is 4.30. The van der Waals surface area contributed by atoms with Gasteiger partial charge in [-0.15, -0.1) is 0 Å². The number of hydrogen-bond acceptors (Lipinski definition) is 4. The monoisotopic (exact) mass is 426 g/mol. The number of amides is 1. The van der Waals surface area contributed by atoms with Crippen molar-refractivity contribution < 1.29 is 9.18 Å². The Kier molecular flexibility index (Phi) is 7.55. The predicted octanol–water partition coefficient (Wildman–Crippen LogP) is 4.24. The molecule has 1 heterocycles. The van der Waals surface area contributed by atoms with Crippen molar-refractivity contribution in [1.29, 1.82) is 0 Å². The second-order valence-corrected chi connectivity index (χ2v) is 9.12. The second-order valence-electron chi connectivity index (χ2n) is 9.12. The van der Waals surface area contributed by atoms with E-state index in [1.54, 1.807) is 12.1 Å². The van der Waals surface area contributed by atoms with Crippen molar-refractivity contribution in [2.24, 2.45) is 5.92 Å². The lowest BCUT2D eigenvalue weighted by atomic mass is 10.0. The molecule has 0 unspecified atom stereocenters. The third-order valence-electron chi connectivity index (χ3n) is 6.04. The molecule has 0 saturated carbocycles. The molecule has 0 bridgehead atoms. The molecule has 1 fully saturated rings. The van der Waals surface area contributed by atoms with Crippen molar-refractivity contribution in [2.45, 2.75) is 39.3 Å². The lowest BCUT2D eigenvalue weighted by Crippen LogP contribution is -2.42. The van der Waals surface area contributed by atoms with Crippen molar-refractivity contribution in [3.63, 3.8) is 0 Å². The van der Waals surface area contributed by atoms with E-state index in [0.29, 0.717) is 36.3 Å². The number of rotatable bonds is 7. The van der Waals surface area contributed by atoms with Gasteiger partial charge in [0.05, 0.1) is 0 Å². The molecule has 1 amide bonds. The number of halogens is 1. The minimum Gasteiger partial charge on any atom is -0.399 e. The van der Waals surface area contributed by atoms with E-state index in [-0.39, 0.29) is 11.7 Å².